The van der Waals surface area contributed by atoms with Gasteiger partial charge in [0.2, 0.25) is 0 Å². The van der Waals surface area contributed by atoms with Crippen LogP contribution in [0.2, 0.25) is 0 Å². The van der Waals surface area contributed by atoms with E-state index >= 15 is 0 Å². The summed E-state index contributed by atoms with van der Waals surface area (Å²) >= 11 is 1.77. The number of hydrogen-bond donors (Lipinski definition) is 1. The van der Waals surface area contributed by atoms with E-state index in [2.05, 4.69) is 42.2 Å². The SMILES string of the molecule is Cc1cc([C@H](C)N)cnc1SCc1ccccc1. The van der Waals surface area contributed by atoms with Crippen molar-refractivity contribution in [1.82, 2.24) is 4.98 Å². The average molecular weight is 258 g/mol. The van der Waals surface area contributed by atoms with E-state index in [9.17, 15) is 0 Å². The van der Waals surface area contributed by atoms with E-state index in [-0.39, 0.29) is 6.04 Å². The minimum absolute atomic E-state index is 0.0457. The zero-order valence-electron chi connectivity index (χ0n) is 10.8. The van der Waals surface area contributed by atoms with Crippen molar-refractivity contribution in [1.29, 1.82) is 0 Å². The second-order valence-electron chi connectivity index (χ2n) is 4.45. The molecule has 1 atom stereocenters. The number of pyridine rings is 1. The van der Waals surface area contributed by atoms with Crippen LogP contribution in [0.3, 0.4) is 0 Å². The third-order valence-corrected chi connectivity index (χ3v) is 3.97. The Bertz CT molecular complexity index is 509. The number of rotatable bonds is 4. The number of nitrogens with two attached hydrogens (primary N) is 1. The lowest BCUT2D eigenvalue weighted by atomic mass is 10.1. The van der Waals surface area contributed by atoms with Crippen molar-refractivity contribution in [2.45, 2.75) is 30.7 Å². The fourth-order valence-corrected chi connectivity index (χ4v) is 2.62. The van der Waals surface area contributed by atoms with Crippen LogP contribution >= 0.6 is 11.8 Å². The molecule has 0 radical (unpaired) electrons. The van der Waals surface area contributed by atoms with E-state index < -0.39 is 0 Å². The Morgan fingerprint density at radius 1 is 1.28 bits per heavy atom. The maximum absolute atomic E-state index is 5.85. The highest BCUT2D eigenvalue weighted by atomic mass is 32.2. The predicted octanol–water partition coefficient (Wildman–Crippen LogP) is 3.70. The first-order chi connectivity index (χ1) is 8.66. The van der Waals surface area contributed by atoms with Crippen molar-refractivity contribution in [3.05, 3.63) is 59.3 Å². The Labute approximate surface area is 113 Å². The average Bonchev–Trinajstić information content (AvgIpc) is 2.38. The molecule has 2 aromatic rings. The molecule has 1 aromatic heterocycles. The van der Waals surface area contributed by atoms with E-state index in [0.29, 0.717) is 0 Å². The van der Waals surface area contributed by atoms with Crippen molar-refractivity contribution in [2.24, 2.45) is 5.73 Å². The lowest BCUT2D eigenvalue weighted by Crippen LogP contribution is -2.06. The maximum atomic E-state index is 5.85. The van der Waals surface area contributed by atoms with Crippen LogP contribution in [0.1, 0.15) is 29.7 Å². The van der Waals surface area contributed by atoms with Crippen molar-refractivity contribution in [3.8, 4) is 0 Å². The molecule has 2 rings (SSSR count). The summed E-state index contributed by atoms with van der Waals surface area (Å²) in [6.45, 7) is 4.07. The zero-order valence-corrected chi connectivity index (χ0v) is 11.6. The molecular formula is C15H18N2S. The summed E-state index contributed by atoms with van der Waals surface area (Å²) in [5, 5.41) is 1.09. The lowest BCUT2D eigenvalue weighted by Gasteiger charge is -2.09. The Morgan fingerprint density at radius 2 is 2.00 bits per heavy atom. The molecule has 0 aliphatic heterocycles. The molecule has 2 N–H and O–H groups in total. The molecule has 0 saturated heterocycles. The first-order valence-corrected chi connectivity index (χ1v) is 7.04. The third kappa shape index (κ3) is 3.34. The molecule has 0 bridgehead atoms. The monoisotopic (exact) mass is 258 g/mol. The summed E-state index contributed by atoms with van der Waals surface area (Å²) in [5.74, 6) is 0.951. The van der Waals surface area contributed by atoms with Gasteiger partial charge in [-0.25, -0.2) is 4.98 Å². The first-order valence-electron chi connectivity index (χ1n) is 6.05. The standard InChI is InChI=1S/C15H18N2S/c1-11-8-14(12(2)16)9-17-15(11)18-10-13-6-4-3-5-7-13/h3-9,12H,10,16H2,1-2H3/t12-/m0/s1. The van der Waals surface area contributed by atoms with Crippen LogP contribution in [0.15, 0.2) is 47.6 Å². The largest absolute Gasteiger partial charge is 0.324 e. The number of aromatic nitrogens is 1. The Morgan fingerprint density at radius 3 is 2.61 bits per heavy atom. The quantitative estimate of drug-likeness (QED) is 0.850. The van der Waals surface area contributed by atoms with E-state index in [0.717, 1.165) is 16.3 Å². The number of thioether (sulfide) groups is 1. The fraction of sp³-hybridized carbons (Fsp3) is 0.267. The Kier molecular flexibility index (Phi) is 4.39. The van der Waals surface area contributed by atoms with Gasteiger partial charge in [0.15, 0.2) is 0 Å². The summed E-state index contributed by atoms with van der Waals surface area (Å²) in [6.07, 6.45) is 1.88. The van der Waals surface area contributed by atoms with Crippen molar-refractivity contribution in [3.63, 3.8) is 0 Å². The van der Waals surface area contributed by atoms with Gasteiger partial charge >= 0.3 is 0 Å². The van der Waals surface area contributed by atoms with E-state index in [1.807, 2.05) is 19.2 Å². The zero-order chi connectivity index (χ0) is 13.0. The van der Waals surface area contributed by atoms with Crippen molar-refractivity contribution < 1.29 is 0 Å². The van der Waals surface area contributed by atoms with Gasteiger partial charge in [-0.3, -0.25) is 0 Å². The normalized spacial score (nSPS) is 12.4. The van der Waals surface area contributed by atoms with Crippen LogP contribution in [0, 0.1) is 6.92 Å². The molecule has 0 amide bonds. The summed E-state index contributed by atoms with van der Waals surface area (Å²) in [4.78, 5) is 4.50. The molecule has 0 aliphatic rings. The molecule has 0 fully saturated rings. The molecule has 3 heteroatoms. The molecular weight excluding hydrogens is 240 g/mol. The van der Waals surface area contributed by atoms with Gasteiger partial charge in [-0.2, -0.15) is 0 Å². The van der Waals surface area contributed by atoms with Crippen LogP contribution < -0.4 is 5.73 Å². The first kappa shape index (κ1) is 13.1. The van der Waals surface area contributed by atoms with Gasteiger partial charge in [-0.05, 0) is 30.5 Å². The summed E-state index contributed by atoms with van der Waals surface area (Å²) in [7, 11) is 0. The minimum atomic E-state index is 0.0457. The Balaban J connectivity index is 2.06. The molecule has 0 saturated carbocycles. The fourth-order valence-electron chi connectivity index (χ4n) is 1.71. The van der Waals surface area contributed by atoms with E-state index in [4.69, 9.17) is 5.73 Å². The van der Waals surface area contributed by atoms with E-state index in [1.54, 1.807) is 11.8 Å². The van der Waals surface area contributed by atoms with Crippen molar-refractivity contribution >= 4 is 11.8 Å². The molecule has 0 aliphatic carbocycles. The van der Waals surface area contributed by atoms with Crippen LogP contribution in [0.5, 0.6) is 0 Å². The van der Waals surface area contributed by atoms with Gasteiger partial charge in [0.1, 0.15) is 0 Å². The topological polar surface area (TPSA) is 38.9 Å². The molecule has 1 heterocycles. The molecule has 94 valence electrons. The predicted molar refractivity (Wildman–Crippen MR) is 77.6 cm³/mol. The number of nitrogens with zero attached hydrogens (tertiary/aromatic N) is 1. The van der Waals surface area contributed by atoms with Crippen molar-refractivity contribution in [2.75, 3.05) is 0 Å². The van der Waals surface area contributed by atoms with Gasteiger partial charge < -0.3 is 5.73 Å². The van der Waals surface area contributed by atoms with E-state index in [1.165, 1.54) is 11.1 Å². The van der Waals surface area contributed by atoms with Crippen LogP contribution in [-0.4, -0.2) is 4.98 Å². The van der Waals surface area contributed by atoms with Crippen LogP contribution in [-0.2, 0) is 5.75 Å². The van der Waals surface area contributed by atoms with Crippen LogP contribution in [0.4, 0.5) is 0 Å². The second-order valence-corrected chi connectivity index (χ2v) is 5.42. The van der Waals surface area contributed by atoms with Gasteiger partial charge in [-0.1, -0.05) is 36.4 Å². The minimum Gasteiger partial charge on any atom is -0.324 e. The smallest absolute Gasteiger partial charge is 0.0992 e. The van der Waals surface area contributed by atoms with Gasteiger partial charge in [0.05, 0.1) is 5.03 Å². The summed E-state index contributed by atoms with van der Waals surface area (Å²) < 4.78 is 0. The summed E-state index contributed by atoms with van der Waals surface area (Å²) in [6, 6.07) is 12.6. The maximum Gasteiger partial charge on any atom is 0.0992 e. The van der Waals surface area contributed by atoms with Crippen LogP contribution in [0.25, 0.3) is 0 Å². The third-order valence-electron chi connectivity index (χ3n) is 2.80. The van der Waals surface area contributed by atoms with Gasteiger partial charge in [0, 0.05) is 18.0 Å². The molecule has 2 nitrogen and oxygen atoms in total. The van der Waals surface area contributed by atoms with Gasteiger partial charge in [-0.15, -0.1) is 11.8 Å². The molecule has 0 unspecified atom stereocenters. The van der Waals surface area contributed by atoms with Gasteiger partial charge in [0.25, 0.3) is 0 Å². The highest BCUT2D eigenvalue weighted by Crippen LogP contribution is 2.25. The highest BCUT2D eigenvalue weighted by Gasteiger charge is 2.05. The molecule has 0 spiro atoms. The number of benzene rings is 1. The highest BCUT2D eigenvalue weighted by molar-refractivity contribution is 7.98. The number of aryl methyl sites for hydroxylation is 1. The molecule has 1 aromatic carbocycles. The summed E-state index contributed by atoms with van der Waals surface area (Å²) in [5.41, 5.74) is 9.46. The lowest BCUT2D eigenvalue weighted by molar-refractivity contribution is 0.802. The second kappa shape index (κ2) is 6.03. The molecule has 18 heavy (non-hydrogen) atoms. The Hall–Kier alpha value is -1.32. The number of hydrogen-bond acceptors (Lipinski definition) is 3.